The Hall–Kier alpha value is 3.48. The second-order valence-electron chi connectivity index (χ2n) is 17.7. The van der Waals surface area contributed by atoms with Crippen molar-refractivity contribution in [3.63, 3.8) is 0 Å². The fourth-order valence-corrected chi connectivity index (χ4v) is 8.84. The van der Waals surface area contributed by atoms with Crippen molar-refractivity contribution >= 4 is 149 Å². The van der Waals surface area contributed by atoms with Gasteiger partial charge in [0.15, 0.2) is 0 Å². The van der Waals surface area contributed by atoms with Gasteiger partial charge in [-0.3, -0.25) is 0 Å². The SMILES string of the molecule is C1CCCCCCCCC1.C1CCCCCCCCC1.C1CCCCCCCCC1.C1CCCCCCCCC1.C1CCCCCCCCC1.Cl.Cl.Cl.Cl.Cl.Cl.Cl.Cl.Cl.Cl.Cl.Cl. The fourth-order valence-electron chi connectivity index (χ4n) is 8.84. The van der Waals surface area contributed by atoms with Crippen molar-refractivity contribution < 1.29 is 0 Å². The molecule has 0 heterocycles. The lowest BCUT2D eigenvalue weighted by atomic mass is 10.0. The molecule has 0 amide bonds. The van der Waals surface area contributed by atoms with E-state index in [1.165, 1.54) is 321 Å². The van der Waals surface area contributed by atoms with E-state index < -0.39 is 0 Å². The van der Waals surface area contributed by atoms with E-state index in [0.29, 0.717) is 0 Å². The molecule has 0 radical (unpaired) electrons. The van der Waals surface area contributed by atoms with Gasteiger partial charge in [0.25, 0.3) is 0 Å². The molecule has 5 rings (SSSR count). The first-order chi connectivity index (χ1) is 25.0. The average Bonchev–Trinajstić information content (AvgIpc) is 3.18. The number of halogens is 12. The standard InChI is InChI=1S/5C10H20.12ClH/c5*1-2-4-6-8-10-9-7-5-3-1;;;;;;;;;;;;/h5*1-10H2;12*1H. The number of rotatable bonds is 0. The van der Waals surface area contributed by atoms with Gasteiger partial charge < -0.3 is 0 Å². The van der Waals surface area contributed by atoms with Gasteiger partial charge in [0.05, 0.1) is 0 Å². The Labute approximate surface area is 465 Å². The minimum Gasteiger partial charge on any atom is -0.147 e. The maximum Gasteiger partial charge on any atom is -0.0533 e. The van der Waals surface area contributed by atoms with Crippen molar-refractivity contribution in [2.24, 2.45) is 0 Å². The zero-order valence-electron chi connectivity index (χ0n) is 40.3. The first-order valence-electron chi connectivity index (χ1n) is 25.0. The molecule has 0 unspecified atom stereocenters. The van der Waals surface area contributed by atoms with E-state index in [2.05, 4.69) is 0 Å². The van der Waals surface area contributed by atoms with E-state index >= 15 is 0 Å². The lowest BCUT2D eigenvalue weighted by Gasteiger charge is -2.05. The third-order valence-corrected chi connectivity index (χ3v) is 12.5. The molecule has 0 saturated heterocycles. The van der Waals surface area contributed by atoms with Gasteiger partial charge in [-0.05, 0) is 0 Å². The maximum absolute atomic E-state index is 1.50. The zero-order valence-corrected chi connectivity index (χ0v) is 50.1. The highest BCUT2D eigenvalue weighted by Crippen LogP contribution is 2.19. The Morgan fingerprint density at radius 1 is 0.0484 bits per heavy atom. The smallest absolute Gasteiger partial charge is 0.0533 e. The molecule has 0 nitrogen and oxygen atoms in total. The van der Waals surface area contributed by atoms with Crippen molar-refractivity contribution in [1.29, 1.82) is 0 Å². The van der Waals surface area contributed by atoms with E-state index in [1.807, 2.05) is 0 Å². The first kappa shape index (κ1) is 95.2. The van der Waals surface area contributed by atoms with Gasteiger partial charge in [-0.15, -0.1) is 149 Å². The van der Waals surface area contributed by atoms with Crippen LogP contribution in [0.4, 0.5) is 0 Å². The molecule has 5 aliphatic rings. The van der Waals surface area contributed by atoms with Gasteiger partial charge in [0.2, 0.25) is 0 Å². The topological polar surface area (TPSA) is 0 Å². The Kier molecular flexibility index (Phi) is 139. The Bertz CT molecular complexity index is 326. The highest BCUT2D eigenvalue weighted by atomic mass is 35.5. The summed E-state index contributed by atoms with van der Waals surface area (Å²) in [7, 11) is 0. The minimum absolute atomic E-state index is 0. The molecule has 5 fully saturated rings. The quantitative estimate of drug-likeness (QED) is 0.227. The van der Waals surface area contributed by atoms with Gasteiger partial charge in [-0.1, -0.05) is 321 Å². The molecular formula is C50H112Cl12. The van der Waals surface area contributed by atoms with Crippen LogP contribution in [-0.2, 0) is 0 Å². The molecular weight excluding hydrogens is 1030 g/mol. The van der Waals surface area contributed by atoms with Gasteiger partial charge in [0.1, 0.15) is 0 Å². The van der Waals surface area contributed by atoms with E-state index in [-0.39, 0.29) is 149 Å². The van der Waals surface area contributed by atoms with Crippen LogP contribution in [0.5, 0.6) is 0 Å². The van der Waals surface area contributed by atoms with Gasteiger partial charge >= 0.3 is 0 Å². The summed E-state index contributed by atoms with van der Waals surface area (Å²) in [4.78, 5) is 0. The van der Waals surface area contributed by atoms with Gasteiger partial charge in [0, 0.05) is 0 Å². The van der Waals surface area contributed by atoms with Crippen LogP contribution in [0.15, 0.2) is 0 Å². The summed E-state index contributed by atoms with van der Waals surface area (Å²) in [6, 6.07) is 0. The van der Waals surface area contributed by atoms with Crippen LogP contribution in [0.25, 0.3) is 0 Å². The molecule has 12 heteroatoms. The number of hydrogen-bond donors (Lipinski definition) is 0. The second-order valence-corrected chi connectivity index (χ2v) is 17.7. The molecule has 0 aromatic rings. The van der Waals surface area contributed by atoms with Crippen LogP contribution in [0, 0.1) is 0 Å². The summed E-state index contributed by atoms with van der Waals surface area (Å²) in [5, 5.41) is 0. The third kappa shape index (κ3) is 86.6. The molecule has 0 aromatic carbocycles. The predicted octanol–water partition coefficient (Wildman–Crippen LogP) is 24.6. The summed E-state index contributed by atoms with van der Waals surface area (Å²) in [5.41, 5.74) is 0. The molecule has 0 atom stereocenters. The maximum atomic E-state index is 1.50. The predicted molar refractivity (Wildman–Crippen MR) is 318 cm³/mol. The highest BCUT2D eigenvalue weighted by molar-refractivity contribution is 5.86. The fraction of sp³-hybridized carbons (Fsp3) is 1.00. The van der Waals surface area contributed by atoms with Crippen molar-refractivity contribution in [2.75, 3.05) is 0 Å². The molecule has 0 aromatic heterocycles. The molecule has 62 heavy (non-hydrogen) atoms. The van der Waals surface area contributed by atoms with Crippen LogP contribution >= 0.6 is 149 Å². The van der Waals surface area contributed by atoms with E-state index in [1.54, 1.807) is 0 Å². The molecule has 0 bridgehead atoms. The van der Waals surface area contributed by atoms with Crippen molar-refractivity contribution in [2.45, 2.75) is 321 Å². The molecule has 0 N–H and O–H groups in total. The summed E-state index contributed by atoms with van der Waals surface area (Å²) in [6.45, 7) is 0. The van der Waals surface area contributed by atoms with Crippen molar-refractivity contribution in [1.82, 2.24) is 0 Å². The van der Waals surface area contributed by atoms with Crippen LogP contribution in [0.3, 0.4) is 0 Å². The van der Waals surface area contributed by atoms with Crippen LogP contribution in [0.2, 0.25) is 0 Å². The van der Waals surface area contributed by atoms with E-state index in [4.69, 9.17) is 0 Å². The Balaban J connectivity index is -0.0000000481. The highest BCUT2D eigenvalue weighted by Gasteiger charge is 1.99. The molecule has 0 aliphatic heterocycles. The zero-order chi connectivity index (χ0) is 35.4. The van der Waals surface area contributed by atoms with Crippen LogP contribution in [-0.4, -0.2) is 0 Å². The minimum atomic E-state index is 0. The van der Waals surface area contributed by atoms with Crippen molar-refractivity contribution in [3.8, 4) is 0 Å². The van der Waals surface area contributed by atoms with E-state index in [9.17, 15) is 0 Å². The molecule has 5 saturated carbocycles. The Morgan fingerprint density at radius 3 is 0.0806 bits per heavy atom. The van der Waals surface area contributed by atoms with Crippen LogP contribution in [0.1, 0.15) is 321 Å². The molecule has 396 valence electrons. The number of hydrogen-bond acceptors (Lipinski definition) is 0. The summed E-state index contributed by atoms with van der Waals surface area (Å²) < 4.78 is 0. The van der Waals surface area contributed by atoms with Gasteiger partial charge in [-0.2, -0.15) is 0 Å². The molecule has 5 aliphatic carbocycles. The summed E-state index contributed by atoms with van der Waals surface area (Å²) >= 11 is 0. The second kappa shape index (κ2) is 90.8. The Morgan fingerprint density at radius 2 is 0.0645 bits per heavy atom. The molecule has 0 spiro atoms. The van der Waals surface area contributed by atoms with Gasteiger partial charge in [-0.25, -0.2) is 0 Å². The first-order valence-corrected chi connectivity index (χ1v) is 25.0. The van der Waals surface area contributed by atoms with Crippen molar-refractivity contribution in [3.05, 3.63) is 0 Å². The summed E-state index contributed by atoms with van der Waals surface area (Å²) in [6.07, 6.45) is 75.0. The van der Waals surface area contributed by atoms with E-state index in [0.717, 1.165) is 0 Å². The largest absolute Gasteiger partial charge is 0.147 e. The third-order valence-electron chi connectivity index (χ3n) is 12.5. The van der Waals surface area contributed by atoms with Crippen LogP contribution < -0.4 is 0 Å². The lowest BCUT2D eigenvalue weighted by Crippen LogP contribution is -1.85. The average molecular weight is 1140 g/mol. The summed E-state index contributed by atoms with van der Waals surface area (Å²) in [5.74, 6) is 0. The monoisotopic (exact) mass is 1130 g/mol. The lowest BCUT2D eigenvalue weighted by molar-refractivity contribution is 0.504. The normalized spacial score (nSPS) is 19.4.